The van der Waals surface area contributed by atoms with Gasteiger partial charge in [-0.1, -0.05) is 17.7 Å². The van der Waals surface area contributed by atoms with Gasteiger partial charge in [0, 0.05) is 12.5 Å². The van der Waals surface area contributed by atoms with Crippen LogP contribution in [0.25, 0.3) is 0 Å². The molecule has 1 atom stereocenters. The number of hydrogen-bond acceptors (Lipinski definition) is 7. The molecule has 2 heterocycles. The first-order valence-electron chi connectivity index (χ1n) is 15.2. The number of aryl methyl sites for hydroxylation is 3. The van der Waals surface area contributed by atoms with Gasteiger partial charge in [-0.05, 0) is 121 Å². The van der Waals surface area contributed by atoms with Crippen molar-refractivity contribution in [3.8, 4) is 0 Å². The fraction of sp³-hybridized carbons (Fsp3) is 0.700. The topological polar surface area (TPSA) is 166 Å². The third kappa shape index (κ3) is 10.6. The van der Waals surface area contributed by atoms with E-state index < -0.39 is 34.5 Å². The van der Waals surface area contributed by atoms with Crippen LogP contribution in [0.1, 0.15) is 68.1 Å². The second kappa shape index (κ2) is 16.3. The molecule has 1 unspecified atom stereocenters. The summed E-state index contributed by atoms with van der Waals surface area (Å²) in [5, 5.41) is 21.6. The van der Waals surface area contributed by atoms with E-state index in [1.54, 1.807) is 26.0 Å². The summed E-state index contributed by atoms with van der Waals surface area (Å²) >= 11 is 0. The SMILES string of the molecule is Cc1cc(C)c(S(=O)(=O)NC(CNC(=O)CNC(=O)C(CCC2CCNCC2)CCC2CCNCC2)C(=O)O)c(C)c1. The summed E-state index contributed by atoms with van der Waals surface area (Å²) in [6.07, 6.45) is 7.99. The zero-order chi connectivity index (χ0) is 30.7. The van der Waals surface area contributed by atoms with Gasteiger partial charge in [0.2, 0.25) is 21.8 Å². The van der Waals surface area contributed by atoms with Crippen LogP contribution in [0, 0.1) is 38.5 Å². The first-order valence-corrected chi connectivity index (χ1v) is 16.7. The van der Waals surface area contributed by atoms with Crippen molar-refractivity contribution in [2.75, 3.05) is 39.3 Å². The minimum Gasteiger partial charge on any atom is -0.480 e. The molecule has 6 N–H and O–H groups in total. The summed E-state index contributed by atoms with van der Waals surface area (Å²) in [4.78, 5) is 37.6. The van der Waals surface area contributed by atoms with E-state index in [2.05, 4.69) is 26.0 Å². The van der Waals surface area contributed by atoms with Gasteiger partial charge < -0.3 is 26.4 Å². The van der Waals surface area contributed by atoms with E-state index in [4.69, 9.17) is 0 Å². The first-order chi connectivity index (χ1) is 20.0. The van der Waals surface area contributed by atoms with Crippen molar-refractivity contribution in [3.63, 3.8) is 0 Å². The molecule has 11 nitrogen and oxygen atoms in total. The van der Waals surface area contributed by atoms with Crippen LogP contribution in [0.15, 0.2) is 17.0 Å². The Morgan fingerprint density at radius 1 is 0.881 bits per heavy atom. The lowest BCUT2D eigenvalue weighted by molar-refractivity contribution is -0.139. The largest absolute Gasteiger partial charge is 0.480 e. The standard InChI is InChI=1S/C30H49N5O6S/c1-20-16-21(2)28(22(3)17-20)42(40,41)35-26(30(38)39)18-33-27(36)19-34-29(37)25(6-4-23-8-12-31-13-9-23)7-5-24-10-14-32-15-11-24/h16-17,23-26,31-32,35H,4-15,18-19H2,1-3H3,(H,33,36)(H,34,37)(H,38,39). The number of carbonyl (C=O) groups is 3. The number of amides is 2. The zero-order valence-electron chi connectivity index (χ0n) is 25.3. The highest BCUT2D eigenvalue weighted by atomic mass is 32.2. The lowest BCUT2D eigenvalue weighted by Crippen LogP contribution is -2.50. The van der Waals surface area contributed by atoms with Crippen LogP contribution in [0.5, 0.6) is 0 Å². The van der Waals surface area contributed by atoms with E-state index in [9.17, 15) is 27.9 Å². The molecule has 3 rings (SSSR count). The number of piperidine rings is 2. The monoisotopic (exact) mass is 607 g/mol. The van der Waals surface area contributed by atoms with Crippen molar-refractivity contribution >= 4 is 27.8 Å². The number of nitrogens with one attached hydrogen (secondary N) is 5. The molecular formula is C30H49N5O6S. The van der Waals surface area contributed by atoms with Crippen LogP contribution in [0.2, 0.25) is 0 Å². The Hall–Kier alpha value is -2.54. The van der Waals surface area contributed by atoms with E-state index in [1.807, 2.05) is 6.92 Å². The van der Waals surface area contributed by atoms with Crippen LogP contribution < -0.4 is 26.0 Å². The van der Waals surface area contributed by atoms with Gasteiger partial charge in [0.1, 0.15) is 6.04 Å². The number of carboxylic acid groups (broad SMARTS) is 1. The van der Waals surface area contributed by atoms with Crippen molar-refractivity contribution in [2.45, 2.75) is 83.1 Å². The number of sulfonamides is 1. The van der Waals surface area contributed by atoms with Crippen molar-refractivity contribution in [3.05, 3.63) is 28.8 Å². The number of rotatable bonds is 15. The van der Waals surface area contributed by atoms with Gasteiger partial charge in [0.25, 0.3) is 0 Å². The number of carbonyl (C=O) groups excluding carboxylic acids is 2. The average Bonchev–Trinajstić information content (AvgIpc) is 2.94. The van der Waals surface area contributed by atoms with E-state index in [0.717, 1.165) is 83.1 Å². The van der Waals surface area contributed by atoms with Crippen molar-refractivity contribution in [1.82, 2.24) is 26.0 Å². The molecule has 0 spiro atoms. The molecule has 2 fully saturated rings. The molecule has 2 amide bonds. The van der Waals surface area contributed by atoms with Crippen LogP contribution in [0.3, 0.4) is 0 Å². The first kappa shape index (κ1) is 34.0. The van der Waals surface area contributed by atoms with Crippen LogP contribution in [0.4, 0.5) is 0 Å². The number of carboxylic acids is 1. The molecule has 0 aromatic heterocycles. The number of benzene rings is 1. The lowest BCUT2D eigenvalue weighted by Gasteiger charge is -2.27. The van der Waals surface area contributed by atoms with Gasteiger partial charge in [0.05, 0.1) is 11.4 Å². The molecule has 0 aliphatic carbocycles. The molecule has 2 saturated heterocycles. The normalized spacial score (nSPS) is 17.6. The zero-order valence-corrected chi connectivity index (χ0v) is 26.1. The maximum absolute atomic E-state index is 13.2. The summed E-state index contributed by atoms with van der Waals surface area (Å²) in [7, 11) is -4.16. The molecule has 0 bridgehead atoms. The molecule has 2 aliphatic heterocycles. The average molecular weight is 608 g/mol. The van der Waals surface area contributed by atoms with E-state index >= 15 is 0 Å². The summed E-state index contributed by atoms with van der Waals surface area (Å²) in [5.41, 5.74) is 1.91. The molecular weight excluding hydrogens is 558 g/mol. The second-order valence-electron chi connectivity index (χ2n) is 12.0. The van der Waals surface area contributed by atoms with Gasteiger partial charge in [-0.15, -0.1) is 0 Å². The number of hydrogen-bond donors (Lipinski definition) is 6. The van der Waals surface area contributed by atoms with E-state index in [-0.39, 0.29) is 23.3 Å². The Bertz CT molecular complexity index is 1130. The van der Waals surface area contributed by atoms with Gasteiger partial charge in [-0.3, -0.25) is 14.4 Å². The summed E-state index contributed by atoms with van der Waals surface area (Å²) < 4.78 is 28.3. The molecule has 12 heteroatoms. The summed E-state index contributed by atoms with van der Waals surface area (Å²) in [6, 6.07) is 1.86. The van der Waals surface area contributed by atoms with Crippen molar-refractivity contribution in [1.29, 1.82) is 0 Å². The molecule has 42 heavy (non-hydrogen) atoms. The Labute approximate surface area is 250 Å². The van der Waals surface area contributed by atoms with E-state index in [1.165, 1.54) is 0 Å². The molecule has 1 aromatic carbocycles. The van der Waals surface area contributed by atoms with Gasteiger partial charge in [-0.2, -0.15) is 4.72 Å². The fourth-order valence-electron chi connectivity index (χ4n) is 6.23. The molecule has 236 valence electrons. The van der Waals surface area contributed by atoms with Crippen LogP contribution in [-0.2, 0) is 24.4 Å². The Morgan fingerprint density at radius 2 is 1.38 bits per heavy atom. The van der Waals surface area contributed by atoms with Crippen LogP contribution in [-0.4, -0.2) is 76.6 Å². The summed E-state index contributed by atoms with van der Waals surface area (Å²) in [6.45, 7) is 8.43. The third-order valence-electron chi connectivity index (χ3n) is 8.53. The van der Waals surface area contributed by atoms with Crippen molar-refractivity contribution < 1.29 is 27.9 Å². The smallest absolute Gasteiger partial charge is 0.323 e. The predicted molar refractivity (Wildman–Crippen MR) is 162 cm³/mol. The molecule has 0 saturated carbocycles. The van der Waals surface area contributed by atoms with Gasteiger partial charge >= 0.3 is 5.97 Å². The minimum atomic E-state index is -4.16. The molecule has 0 radical (unpaired) electrons. The van der Waals surface area contributed by atoms with Crippen molar-refractivity contribution in [2.24, 2.45) is 17.8 Å². The number of aliphatic carboxylic acids is 1. The Balaban J connectivity index is 1.53. The highest BCUT2D eigenvalue weighted by molar-refractivity contribution is 7.89. The lowest BCUT2D eigenvalue weighted by atomic mass is 9.84. The minimum absolute atomic E-state index is 0.0259. The fourth-order valence-corrected chi connectivity index (χ4v) is 7.87. The Morgan fingerprint density at radius 3 is 1.86 bits per heavy atom. The predicted octanol–water partition coefficient (Wildman–Crippen LogP) is 1.75. The quantitative estimate of drug-likeness (QED) is 0.176. The highest BCUT2D eigenvalue weighted by Gasteiger charge is 2.29. The second-order valence-corrected chi connectivity index (χ2v) is 13.7. The summed E-state index contributed by atoms with van der Waals surface area (Å²) in [5.74, 6) is -1.12. The molecule has 2 aliphatic rings. The van der Waals surface area contributed by atoms with E-state index in [0.29, 0.717) is 23.0 Å². The van der Waals surface area contributed by atoms with Gasteiger partial charge in [-0.25, -0.2) is 8.42 Å². The molecule has 1 aromatic rings. The Kier molecular flexibility index (Phi) is 13.2. The third-order valence-corrected chi connectivity index (χ3v) is 10.3. The maximum Gasteiger partial charge on any atom is 0.323 e. The van der Waals surface area contributed by atoms with Crippen LogP contribution >= 0.6 is 0 Å². The highest BCUT2D eigenvalue weighted by Crippen LogP contribution is 2.27. The maximum atomic E-state index is 13.2. The van der Waals surface area contributed by atoms with Gasteiger partial charge in [0.15, 0.2) is 0 Å².